The van der Waals surface area contributed by atoms with Gasteiger partial charge in [-0.15, -0.1) is 0 Å². The summed E-state index contributed by atoms with van der Waals surface area (Å²) in [6, 6.07) is 7.25. The van der Waals surface area contributed by atoms with Gasteiger partial charge in [-0.05, 0) is 38.1 Å². The van der Waals surface area contributed by atoms with Crippen LogP contribution in [-0.4, -0.2) is 46.1 Å². The Hall–Kier alpha value is -0.950. The van der Waals surface area contributed by atoms with Crippen LogP contribution < -0.4 is 5.32 Å². The Labute approximate surface area is 128 Å². The average molecular weight is 314 g/mol. The fourth-order valence-electron chi connectivity index (χ4n) is 1.99. The molecule has 0 amide bonds. The number of ether oxygens (including phenoxy) is 1. The van der Waals surface area contributed by atoms with E-state index in [0.717, 1.165) is 12.1 Å². The van der Waals surface area contributed by atoms with Gasteiger partial charge in [0.1, 0.15) is 0 Å². The van der Waals surface area contributed by atoms with Crippen molar-refractivity contribution in [3.05, 3.63) is 29.8 Å². The lowest BCUT2D eigenvalue weighted by Gasteiger charge is -2.18. The predicted molar refractivity (Wildman–Crippen MR) is 84.8 cm³/mol. The van der Waals surface area contributed by atoms with E-state index in [0.29, 0.717) is 24.7 Å². The van der Waals surface area contributed by atoms with Crippen LogP contribution in [0, 0.1) is 0 Å². The Bertz CT molecular complexity index is 514. The maximum Gasteiger partial charge on any atom is 0.242 e. The summed E-state index contributed by atoms with van der Waals surface area (Å²) < 4.78 is 31.3. The number of hydrogen-bond acceptors (Lipinski definition) is 4. The summed E-state index contributed by atoms with van der Waals surface area (Å²) in [5.41, 5.74) is 1.08. The summed E-state index contributed by atoms with van der Waals surface area (Å²) in [6.45, 7) is 8.21. The van der Waals surface area contributed by atoms with Gasteiger partial charge >= 0.3 is 0 Å². The number of benzene rings is 1. The van der Waals surface area contributed by atoms with Crippen LogP contribution in [0.4, 0.5) is 0 Å². The molecule has 0 heterocycles. The molecule has 1 atom stereocenters. The molecule has 21 heavy (non-hydrogen) atoms. The highest BCUT2D eigenvalue weighted by Gasteiger charge is 2.20. The summed E-state index contributed by atoms with van der Waals surface area (Å²) in [5, 5.41) is 3.30. The number of nitrogens with one attached hydrogen (secondary N) is 1. The Balaban J connectivity index is 2.79. The molecule has 6 heteroatoms. The summed E-state index contributed by atoms with van der Waals surface area (Å²) in [6.07, 6.45) is 0. The molecule has 1 aromatic carbocycles. The van der Waals surface area contributed by atoms with Gasteiger partial charge in [0.15, 0.2) is 0 Å². The minimum Gasteiger partial charge on any atom is -0.380 e. The highest BCUT2D eigenvalue weighted by atomic mass is 32.2. The van der Waals surface area contributed by atoms with Crippen molar-refractivity contribution < 1.29 is 13.2 Å². The lowest BCUT2D eigenvalue weighted by Crippen LogP contribution is -2.30. The van der Waals surface area contributed by atoms with E-state index < -0.39 is 10.0 Å². The van der Waals surface area contributed by atoms with Crippen molar-refractivity contribution in [2.45, 2.75) is 31.7 Å². The number of likely N-dealkylation sites (N-methyl/N-ethyl adjacent to an activating group) is 1. The van der Waals surface area contributed by atoms with Gasteiger partial charge in [-0.2, -0.15) is 4.31 Å². The first-order valence-electron chi connectivity index (χ1n) is 7.30. The molecule has 1 unspecified atom stereocenters. The van der Waals surface area contributed by atoms with Crippen LogP contribution in [0.2, 0.25) is 0 Å². The molecular weight excluding hydrogens is 288 g/mol. The number of rotatable bonds is 9. The second kappa shape index (κ2) is 8.48. The number of hydrogen-bond donors (Lipinski definition) is 1. The minimum atomic E-state index is -3.44. The fraction of sp³-hybridized carbons (Fsp3) is 0.600. The van der Waals surface area contributed by atoms with Gasteiger partial charge in [0.25, 0.3) is 0 Å². The molecule has 5 nitrogen and oxygen atoms in total. The fourth-order valence-corrected chi connectivity index (χ4v) is 3.14. The standard InChI is InChI=1S/C15H26N2O3S/c1-5-16-13(3)14-7-9-15(10-8-14)21(18,19)17(4)11-12-20-6-2/h7-10,13,16H,5-6,11-12H2,1-4H3. The van der Waals surface area contributed by atoms with Crippen molar-refractivity contribution in [2.24, 2.45) is 0 Å². The quantitative estimate of drug-likeness (QED) is 0.709. The molecule has 1 aromatic rings. The third-order valence-electron chi connectivity index (χ3n) is 3.35. The Kier molecular flexibility index (Phi) is 7.31. The predicted octanol–water partition coefficient (Wildman–Crippen LogP) is 2.01. The number of nitrogens with zero attached hydrogens (tertiary/aromatic N) is 1. The molecule has 1 rings (SSSR count). The van der Waals surface area contributed by atoms with Crippen LogP contribution in [-0.2, 0) is 14.8 Å². The van der Waals surface area contributed by atoms with E-state index in [1.165, 1.54) is 4.31 Å². The van der Waals surface area contributed by atoms with E-state index in [2.05, 4.69) is 12.2 Å². The third-order valence-corrected chi connectivity index (χ3v) is 5.22. The molecule has 0 aromatic heterocycles. The third kappa shape index (κ3) is 5.07. The summed E-state index contributed by atoms with van der Waals surface area (Å²) in [7, 11) is -1.87. The van der Waals surface area contributed by atoms with E-state index in [4.69, 9.17) is 4.74 Å². The van der Waals surface area contributed by atoms with Crippen LogP contribution in [0.1, 0.15) is 32.4 Å². The molecule has 0 radical (unpaired) electrons. The minimum absolute atomic E-state index is 0.211. The molecule has 0 aliphatic heterocycles. The van der Waals surface area contributed by atoms with Crippen molar-refractivity contribution >= 4 is 10.0 Å². The van der Waals surface area contributed by atoms with Crippen LogP contribution in [0.15, 0.2) is 29.2 Å². The normalized spacial score (nSPS) is 13.6. The molecule has 0 fully saturated rings. The van der Waals surface area contributed by atoms with Crippen molar-refractivity contribution in [1.29, 1.82) is 0 Å². The first-order chi connectivity index (χ1) is 9.93. The van der Waals surface area contributed by atoms with Crippen molar-refractivity contribution in [2.75, 3.05) is 33.4 Å². The lowest BCUT2D eigenvalue weighted by molar-refractivity contribution is 0.138. The maximum atomic E-state index is 12.4. The topological polar surface area (TPSA) is 58.6 Å². The SMILES string of the molecule is CCNC(C)c1ccc(S(=O)(=O)N(C)CCOCC)cc1. The average Bonchev–Trinajstić information content (AvgIpc) is 2.47. The molecule has 0 saturated heterocycles. The Morgan fingerprint density at radius 3 is 2.38 bits per heavy atom. The highest BCUT2D eigenvalue weighted by Crippen LogP contribution is 2.18. The van der Waals surface area contributed by atoms with E-state index in [1.807, 2.05) is 26.0 Å². The van der Waals surface area contributed by atoms with Crippen molar-refractivity contribution in [3.8, 4) is 0 Å². The van der Waals surface area contributed by atoms with Crippen LogP contribution in [0.5, 0.6) is 0 Å². The van der Waals surface area contributed by atoms with Gasteiger partial charge in [0, 0.05) is 26.2 Å². The monoisotopic (exact) mass is 314 g/mol. The molecule has 0 spiro atoms. The molecular formula is C15H26N2O3S. The van der Waals surface area contributed by atoms with Gasteiger partial charge in [0.05, 0.1) is 11.5 Å². The van der Waals surface area contributed by atoms with Crippen LogP contribution in [0.3, 0.4) is 0 Å². The zero-order valence-corrected chi connectivity index (χ0v) is 14.1. The smallest absolute Gasteiger partial charge is 0.242 e. The van der Waals surface area contributed by atoms with Crippen molar-refractivity contribution in [3.63, 3.8) is 0 Å². The van der Waals surface area contributed by atoms with Crippen LogP contribution in [0.25, 0.3) is 0 Å². The molecule has 0 bridgehead atoms. The Morgan fingerprint density at radius 2 is 1.86 bits per heavy atom. The molecule has 0 aliphatic carbocycles. The second-order valence-corrected chi connectivity index (χ2v) is 6.92. The first kappa shape index (κ1) is 18.1. The van der Waals surface area contributed by atoms with Crippen molar-refractivity contribution in [1.82, 2.24) is 9.62 Å². The molecule has 1 N–H and O–H groups in total. The van der Waals surface area contributed by atoms with Gasteiger partial charge in [-0.1, -0.05) is 19.1 Å². The molecule has 120 valence electrons. The van der Waals surface area contributed by atoms with E-state index in [1.54, 1.807) is 19.2 Å². The van der Waals surface area contributed by atoms with Gasteiger partial charge in [-0.3, -0.25) is 0 Å². The van der Waals surface area contributed by atoms with E-state index >= 15 is 0 Å². The van der Waals surface area contributed by atoms with Gasteiger partial charge in [-0.25, -0.2) is 8.42 Å². The zero-order chi connectivity index (χ0) is 15.9. The highest BCUT2D eigenvalue weighted by molar-refractivity contribution is 7.89. The summed E-state index contributed by atoms with van der Waals surface area (Å²) in [5.74, 6) is 0. The number of sulfonamides is 1. The Morgan fingerprint density at radius 1 is 1.24 bits per heavy atom. The maximum absolute atomic E-state index is 12.4. The van der Waals surface area contributed by atoms with Gasteiger partial charge < -0.3 is 10.1 Å². The largest absolute Gasteiger partial charge is 0.380 e. The second-order valence-electron chi connectivity index (χ2n) is 4.87. The molecule has 0 aliphatic rings. The summed E-state index contributed by atoms with van der Waals surface area (Å²) >= 11 is 0. The zero-order valence-electron chi connectivity index (χ0n) is 13.3. The van der Waals surface area contributed by atoms with E-state index in [-0.39, 0.29) is 6.04 Å². The van der Waals surface area contributed by atoms with Crippen LogP contribution >= 0.6 is 0 Å². The van der Waals surface area contributed by atoms with E-state index in [9.17, 15) is 8.42 Å². The molecule has 0 saturated carbocycles. The summed E-state index contributed by atoms with van der Waals surface area (Å²) in [4.78, 5) is 0.314. The van der Waals surface area contributed by atoms with Gasteiger partial charge in [0.2, 0.25) is 10.0 Å². The first-order valence-corrected chi connectivity index (χ1v) is 8.74. The lowest BCUT2D eigenvalue weighted by atomic mass is 10.1.